The molecular formula is C69H125N2O6P. The van der Waals surface area contributed by atoms with E-state index < -0.39 is 26.6 Å². The summed E-state index contributed by atoms with van der Waals surface area (Å²) in [5.41, 5.74) is 0. The maximum absolute atomic E-state index is 13.0. The van der Waals surface area contributed by atoms with Crippen LogP contribution in [0.5, 0.6) is 0 Å². The molecule has 0 fully saturated rings. The van der Waals surface area contributed by atoms with Crippen molar-refractivity contribution in [1.82, 2.24) is 5.32 Å². The molecule has 0 aromatic rings. The van der Waals surface area contributed by atoms with Crippen LogP contribution in [-0.2, 0) is 18.4 Å². The minimum atomic E-state index is -4.62. The van der Waals surface area contributed by atoms with E-state index in [1.807, 2.05) is 27.2 Å². The number of hydrogen-bond acceptors (Lipinski definition) is 6. The Bertz CT molecular complexity index is 1590. The summed E-state index contributed by atoms with van der Waals surface area (Å²) in [5, 5.41) is 13.9. The van der Waals surface area contributed by atoms with Crippen molar-refractivity contribution < 1.29 is 32.9 Å². The van der Waals surface area contributed by atoms with Crippen LogP contribution in [0.15, 0.2) is 97.2 Å². The number of nitrogens with zero attached hydrogens (tertiary/aromatic N) is 1. The van der Waals surface area contributed by atoms with Crippen LogP contribution in [-0.4, -0.2) is 68.5 Å². The quantitative estimate of drug-likeness (QED) is 0.0272. The lowest BCUT2D eigenvalue weighted by atomic mass is 10.0. The van der Waals surface area contributed by atoms with Gasteiger partial charge >= 0.3 is 0 Å². The zero-order valence-electron chi connectivity index (χ0n) is 51.6. The van der Waals surface area contributed by atoms with E-state index in [1.54, 1.807) is 6.08 Å². The van der Waals surface area contributed by atoms with Gasteiger partial charge in [-0.25, -0.2) is 0 Å². The average Bonchev–Trinajstić information content (AvgIpc) is 3.41. The lowest BCUT2D eigenvalue weighted by Crippen LogP contribution is -2.45. The van der Waals surface area contributed by atoms with Crippen molar-refractivity contribution in [3.05, 3.63) is 97.2 Å². The molecule has 78 heavy (non-hydrogen) atoms. The molecule has 0 rings (SSSR count). The molecule has 0 aromatic heterocycles. The van der Waals surface area contributed by atoms with Gasteiger partial charge in [-0.15, -0.1) is 0 Å². The Hall–Kier alpha value is -2.58. The number of aliphatic hydroxyl groups is 1. The Morgan fingerprint density at radius 3 is 1.19 bits per heavy atom. The molecule has 0 saturated carbocycles. The number of nitrogens with one attached hydrogen (secondary N) is 1. The second kappa shape index (κ2) is 59.1. The number of phosphoric acid groups is 1. The van der Waals surface area contributed by atoms with Crippen LogP contribution < -0.4 is 10.2 Å². The van der Waals surface area contributed by atoms with E-state index in [2.05, 4.69) is 104 Å². The summed E-state index contributed by atoms with van der Waals surface area (Å²) < 4.78 is 23.4. The minimum absolute atomic E-state index is 0.0102. The molecule has 3 atom stereocenters. The highest BCUT2D eigenvalue weighted by atomic mass is 31.2. The standard InChI is InChI=1S/C69H125N2O6P/c1-6-8-10-12-14-16-18-20-22-24-26-28-30-32-33-34-35-36-37-39-41-43-45-47-49-51-53-55-57-59-61-63-69(73)70-67(66-77-78(74,75)76-65-64-71(3,4)5)68(72)62-60-58-56-54-52-50-48-46-44-42-40-38-31-29-27-25-23-21-19-17-15-13-11-9-7-2/h8,10,14,16,20,22,26,28,32-33,35-36,52,54,60,62,67-68,72H,6-7,9,11-13,15,17-19,21,23-25,27,29-31,34,37-51,53,55-59,61,63-66H2,1-5H3,(H-,70,73,74,75)/b10-8-,16-14-,22-20-,28-26-,33-32-,36-35-,54-52+,62-60+. The fraction of sp³-hybridized carbons (Fsp3) is 0.754. The maximum Gasteiger partial charge on any atom is 0.268 e. The van der Waals surface area contributed by atoms with E-state index in [1.165, 1.54) is 186 Å². The van der Waals surface area contributed by atoms with Crippen LogP contribution in [0.4, 0.5) is 0 Å². The Morgan fingerprint density at radius 2 is 0.795 bits per heavy atom. The van der Waals surface area contributed by atoms with Crippen molar-refractivity contribution in [2.24, 2.45) is 0 Å². The molecule has 3 unspecified atom stereocenters. The molecule has 9 heteroatoms. The van der Waals surface area contributed by atoms with Gasteiger partial charge in [0.2, 0.25) is 5.91 Å². The molecule has 8 nitrogen and oxygen atoms in total. The van der Waals surface area contributed by atoms with Gasteiger partial charge in [-0.3, -0.25) is 9.36 Å². The third kappa shape index (κ3) is 61.0. The van der Waals surface area contributed by atoms with Crippen molar-refractivity contribution in [3.8, 4) is 0 Å². The van der Waals surface area contributed by atoms with Crippen molar-refractivity contribution >= 4 is 13.7 Å². The van der Waals surface area contributed by atoms with Gasteiger partial charge in [-0.1, -0.05) is 291 Å². The number of likely N-dealkylation sites (N-methyl/N-ethyl adjacent to an activating group) is 1. The summed E-state index contributed by atoms with van der Waals surface area (Å²) in [6.45, 7) is 4.53. The first-order chi connectivity index (χ1) is 38.0. The summed E-state index contributed by atoms with van der Waals surface area (Å²) in [6.07, 6.45) is 85.1. The molecule has 0 aromatic carbocycles. The number of quaternary nitrogens is 1. The van der Waals surface area contributed by atoms with Crippen LogP contribution in [0.1, 0.15) is 284 Å². The molecule has 0 aliphatic carbocycles. The van der Waals surface area contributed by atoms with E-state index in [9.17, 15) is 19.4 Å². The van der Waals surface area contributed by atoms with Crippen LogP contribution in [0.3, 0.4) is 0 Å². The van der Waals surface area contributed by atoms with Gasteiger partial charge in [0.1, 0.15) is 13.2 Å². The summed E-state index contributed by atoms with van der Waals surface area (Å²) >= 11 is 0. The molecule has 0 saturated heterocycles. The van der Waals surface area contributed by atoms with Crippen molar-refractivity contribution in [1.29, 1.82) is 0 Å². The molecule has 2 N–H and O–H groups in total. The van der Waals surface area contributed by atoms with E-state index in [0.717, 1.165) is 77.0 Å². The van der Waals surface area contributed by atoms with Crippen LogP contribution in [0.25, 0.3) is 0 Å². The lowest BCUT2D eigenvalue weighted by molar-refractivity contribution is -0.870. The highest BCUT2D eigenvalue weighted by molar-refractivity contribution is 7.45. The van der Waals surface area contributed by atoms with Gasteiger partial charge in [0, 0.05) is 6.42 Å². The Morgan fingerprint density at radius 1 is 0.462 bits per heavy atom. The SMILES string of the molecule is CC/C=C\C/C=C\C/C=C\C/C=C\C/C=C\C/C=C\CCCCCCCCCCCCCCC(=O)NC(COP(=O)([O-])OCC[N+](C)(C)C)C(O)/C=C/CC/C=C/CCCCCCCCCCCCCCCCCCCCC. The number of rotatable bonds is 59. The van der Waals surface area contributed by atoms with Crippen molar-refractivity contribution in [3.63, 3.8) is 0 Å². The van der Waals surface area contributed by atoms with Gasteiger partial charge in [-0.05, 0) is 83.5 Å². The lowest BCUT2D eigenvalue weighted by Gasteiger charge is -2.29. The Labute approximate surface area is 483 Å². The van der Waals surface area contributed by atoms with E-state index in [4.69, 9.17) is 9.05 Å². The summed E-state index contributed by atoms with van der Waals surface area (Å²) in [6, 6.07) is -0.912. The number of unbranched alkanes of at least 4 members (excludes halogenated alkanes) is 32. The highest BCUT2D eigenvalue weighted by Gasteiger charge is 2.23. The zero-order chi connectivity index (χ0) is 57.0. The topological polar surface area (TPSA) is 108 Å². The first-order valence-corrected chi connectivity index (χ1v) is 34.1. The second-order valence-corrected chi connectivity index (χ2v) is 24.5. The maximum atomic E-state index is 13.0. The van der Waals surface area contributed by atoms with E-state index >= 15 is 0 Å². The van der Waals surface area contributed by atoms with Gasteiger partial charge in [-0.2, -0.15) is 0 Å². The fourth-order valence-corrected chi connectivity index (χ4v) is 9.96. The zero-order valence-corrected chi connectivity index (χ0v) is 52.5. The predicted octanol–water partition coefficient (Wildman–Crippen LogP) is 19.9. The number of carbonyl (C=O) groups excluding carboxylic acids is 1. The summed E-state index contributed by atoms with van der Waals surface area (Å²) in [5.74, 6) is -0.210. The fourth-order valence-electron chi connectivity index (χ4n) is 9.23. The largest absolute Gasteiger partial charge is 0.756 e. The minimum Gasteiger partial charge on any atom is -0.756 e. The molecule has 452 valence electrons. The molecule has 1 amide bonds. The van der Waals surface area contributed by atoms with Gasteiger partial charge in [0.05, 0.1) is 39.9 Å². The average molecular weight is 1110 g/mol. The molecule has 0 heterocycles. The number of phosphoric ester groups is 1. The number of amides is 1. The monoisotopic (exact) mass is 1110 g/mol. The normalized spacial score (nSPS) is 14.4. The van der Waals surface area contributed by atoms with Crippen LogP contribution >= 0.6 is 7.82 Å². The Balaban J connectivity index is 4.18. The van der Waals surface area contributed by atoms with Gasteiger partial charge in [0.25, 0.3) is 7.82 Å². The van der Waals surface area contributed by atoms with Crippen molar-refractivity contribution in [2.45, 2.75) is 296 Å². The van der Waals surface area contributed by atoms with E-state index in [0.29, 0.717) is 17.4 Å². The third-order valence-electron chi connectivity index (χ3n) is 14.3. The smallest absolute Gasteiger partial charge is 0.268 e. The van der Waals surface area contributed by atoms with E-state index in [-0.39, 0.29) is 12.5 Å². The van der Waals surface area contributed by atoms with Crippen LogP contribution in [0, 0.1) is 0 Å². The molecule has 0 aliphatic rings. The number of allylic oxidation sites excluding steroid dienone is 15. The summed E-state index contributed by atoms with van der Waals surface area (Å²) in [4.78, 5) is 25.6. The highest BCUT2D eigenvalue weighted by Crippen LogP contribution is 2.38. The first kappa shape index (κ1) is 75.4. The first-order valence-electron chi connectivity index (χ1n) is 32.6. The van der Waals surface area contributed by atoms with Crippen molar-refractivity contribution in [2.75, 3.05) is 40.9 Å². The van der Waals surface area contributed by atoms with Gasteiger partial charge in [0.15, 0.2) is 0 Å². The summed E-state index contributed by atoms with van der Waals surface area (Å²) in [7, 11) is 1.24. The van der Waals surface area contributed by atoms with Gasteiger partial charge < -0.3 is 28.8 Å². The Kier molecular flexibility index (Phi) is 57.1. The predicted molar refractivity (Wildman–Crippen MR) is 339 cm³/mol. The number of aliphatic hydroxyl groups excluding tert-OH is 1. The molecule has 0 radical (unpaired) electrons. The second-order valence-electron chi connectivity index (χ2n) is 23.1. The van der Waals surface area contributed by atoms with Crippen LogP contribution in [0.2, 0.25) is 0 Å². The molecule has 0 spiro atoms. The molecule has 0 bridgehead atoms. The molecule has 0 aliphatic heterocycles. The molecular weight excluding hydrogens is 984 g/mol. The number of carbonyl (C=O) groups is 1. The third-order valence-corrected chi connectivity index (χ3v) is 15.2. The number of hydrogen-bond donors (Lipinski definition) is 2.